The second kappa shape index (κ2) is 5.61. The van der Waals surface area contributed by atoms with Crippen LogP contribution in [0.25, 0.3) is 0 Å². The summed E-state index contributed by atoms with van der Waals surface area (Å²) in [5.74, 6) is -1.07. The third kappa shape index (κ3) is 3.96. The molecule has 1 rings (SSSR count). The van der Waals surface area contributed by atoms with E-state index >= 15 is 0 Å². The van der Waals surface area contributed by atoms with Crippen LogP contribution in [0.2, 0.25) is 0 Å². The van der Waals surface area contributed by atoms with E-state index in [1.54, 1.807) is 0 Å². The molecule has 0 saturated heterocycles. The second-order valence-corrected chi connectivity index (χ2v) is 4.76. The molecule has 2 N–H and O–H groups in total. The molecule has 1 amide bonds. The van der Waals surface area contributed by atoms with Gasteiger partial charge in [-0.1, -0.05) is 6.07 Å². The molecule has 0 saturated carbocycles. The van der Waals surface area contributed by atoms with Crippen molar-refractivity contribution in [1.29, 1.82) is 0 Å². The molecule has 0 aliphatic rings. The van der Waals surface area contributed by atoms with E-state index < -0.39 is 23.2 Å². The van der Waals surface area contributed by atoms with Crippen molar-refractivity contribution in [2.45, 2.75) is 25.6 Å². The lowest BCUT2D eigenvalue weighted by atomic mass is 9.99. The van der Waals surface area contributed by atoms with Crippen molar-refractivity contribution in [3.8, 4) is 0 Å². The number of amides is 1. The van der Waals surface area contributed by atoms with Crippen LogP contribution in [0.5, 0.6) is 0 Å². The van der Waals surface area contributed by atoms with Gasteiger partial charge in [0.25, 0.3) is 0 Å². The molecule has 0 heterocycles. The molecule has 0 bridgehead atoms. The number of halogens is 3. The Kier molecular flexibility index (Phi) is 4.57. The van der Waals surface area contributed by atoms with E-state index in [2.05, 4.69) is 0 Å². The molecule has 0 aliphatic carbocycles. The molecule has 1 aromatic rings. The van der Waals surface area contributed by atoms with Crippen molar-refractivity contribution in [2.75, 3.05) is 14.1 Å². The fourth-order valence-electron chi connectivity index (χ4n) is 1.69. The topological polar surface area (TPSA) is 46.3 Å². The summed E-state index contributed by atoms with van der Waals surface area (Å²) in [5.41, 5.74) is 4.03. The Morgan fingerprint density at radius 1 is 1.37 bits per heavy atom. The lowest BCUT2D eigenvalue weighted by molar-refractivity contribution is -0.138. The highest BCUT2D eigenvalue weighted by atomic mass is 19.4. The molecule has 6 heteroatoms. The third-order valence-electron chi connectivity index (χ3n) is 3.07. The van der Waals surface area contributed by atoms with Gasteiger partial charge in [0.15, 0.2) is 0 Å². The fraction of sp³-hybridized carbons (Fsp3) is 0.462. The number of carbonyl (C=O) groups is 1. The first kappa shape index (κ1) is 15.5. The van der Waals surface area contributed by atoms with E-state index in [-0.39, 0.29) is 6.04 Å². The van der Waals surface area contributed by atoms with E-state index in [0.29, 0.717) is 12.0 Å². The minimum absolute atomic E-state index is 0.0977. The first-order valence-electron chi connectivity index (χ1n) is 5.79. The number of carbonyl (C=O) groups excluding carboxylic acids is 1. The first-order chi connectivity index (χ1) is 8.62. The summed E-state index contributed by atoms with van der Waals surface area (Å²) in [7, 11) is 3.71. The molecule has 0 fully saturated rings. The maximum atomic E-state index is 12.9. The molecular weight excluding hydrogens is 257 g/mol. The van der Waals surface area contributed by atoms with Gasteiger partial charge >= 0.3 is 6.18 Å². The van der Waals surface area contributed by atoms with Crippen LogP contribution in [0, 0.1) is 0 Å². The summed E-state index contributed by atoms with van der Waals surface area (Å²) >= 11 is 0. The van der Waals surface area contributed by atoms with Crippen LogP contribution >= 0.6 is 0 Å². The summed E-state index contributed by atoms with van der Waals surface area (Å²) in [6.07, 6.45) is -4.11. The molecule has 1 unspecified atom stereocenters. The van der Waals surface area contributed by atoms with E-state index in [1.807, 2.05) is 25.9 Å². The Morgan fingerprint density at radius 2 is 1.95 bits per heavy atom. The van der Waals surface area contributed by atoms with Gasteiger partial charge in [-0.15, -0.1) is 0 Å². The van der Waals surface area contributed by atoms with Crippen molar-refractivity contribution in [3.05, 3.63) is 34.9 Å². The number of nitrogens with zero attached hydrogens (tertiary/aromatic N) is 1. The maximum absolute atomic E-state index is 12.9. The first-order valence-corrected chi connectivity index (χ1v) is 5.79. The average molecular weight is 274 g/mol. The van der Waals surface area contributed by atoms with Crippen molar-refractivity contribution in [3.63, 3.8) is 0 Å². The van der Waals surface area contributed by atoms with Crippen LogP contribution in [0.1, 0.15) is 28.4 Å². The van der Waals surface area contributed by atoms with Crippen molar-refractivity contribution in [2.24, 2.45) is 5.73 Å². The van der Waals surface area contributed by atoms with Crippen LogP contribution in [0.15, 0.2) is 18.2 Å². The van der Waals surface area contributed by atoms with Gasteiger partial charge in [-0.05, 0) is 45.1 Å². The fourth-order valence-corrected chi connectivity index (χ4v) is 1.69. The van der Waals surface area contributed by atoms with Crippen molar-refractivity contribution < 1.29 is 18.0 Å². The number of primary amides is 1. The van der Waals surface area contributed by atoms with Gasteiger partial charge in [0.05, 0.1) is 11.1 Å². The molecule has 0 aliphatic heterocycles. The molecule has 0 spiro atoms. The summed E-state index contributed by atoms with van der Waals surface area (Å²) < 4.78 is 38.6. The maximum Gasteiger partial charge on any atom is 0.417 e. The second-order valence-electron chi connectivity index (χ2n) is 4.76. The van der Waals surface area contributed by atoms with Gasteiger partial charge in [-0.25, -0.2) is 0 Å². The number of likely N-dealkylation sites (N-methyl/N-ethyl adjacent to an activating group) is 1. The molecule has 0 radical (unpaired) electrons. The molecule has 0 aromatic heterocycles. The monoisotopic (exact) mass is 274 g/mol. The predicted molar refractivity (Wildman–Crippen MR) is 66.8 cm³/mol. The van der Waals surface area contributed by atoms with Gasteiger partial charge < -0.3 is 10.6 Å². The van der Waals surface area contributed by atoms with Crippen LogP contribution in [-0.2, 0) is 12.6 Å². The molecule has 19 heavy (non-hydrogen) atoms. The van der Waals surface area contributed by atoms with E-state index in [9.17, 15) is 18.0 Å². The summed E-state index contributed by atoms with van der Waals surface area (Å²) in [4.78, 5) is 12.9. The lowest BCUT2D eigenvalue weighted by Gasteiger charge is -2.20. The molecule has 3 nitrogen and oxygen atoms in total. The smallest absolute Gasteiger partial charge is 0.366 e. The van der Waals surface area contributed by atoms with E-state index in [4.69, 9.17) is 5.73 Å². The highest BCUT2D eigenvalue weighted by Crippen LogP contribution is 2.32. The van der Waals surface area contributed by atoms with Gasteiger partial charge in [0.2, 0.25) is 5.91 Å². The number of hydrogen-bond acceptors (Lipinski definition) is 2. The number of alkyl halides is 3. The Bertz CT molecular complexity index is 469. The quantitative estimate of drug-likeness (QED) is 0.915. The van der Waals surface area contributed by atoms with Crippen LogP contribution in [0.3, 0.4) is 0 Å². The van der Waals surface area contributed by atoms with Gasteiger partial charge in [-0.3, -0.25) is 4.79 Å². The minimum Gasteiger partial charge on any atom is -0.366 e. The van der Waals surface area contributed by atoms with Gasteiger partial charge in [0, 0.05) is 6.04 Å². The Balaban J connectivity index is 3.16. The zero-order valence-electron chi connectivity index (χ0n) is 11.1. The van der Waals surface area contributed by atoms with Crippen molar-refractivity contribution in [1.82, 2.24) is 4.90 Å². The Morgan fingerprint density at radius 3 is 2.37 bits per heavy atom. The third-order valence-corrected chi connectivity index (χ3v) is 3.07. The Hall–Kier alpha value is -1.56. The minimum atomic E-state index is -4.58. The highest BCUT2D eigenvalue weighted by Gasteiger charge is 2.35. The normalized spacial score (nSPS) is 13.6. The predicted octanol–water partition coefficient (Wildman–Crippen LogP) is 2.30. The van der Waals surface area contributed by atoms with Crippen molar-refractivity contribution >= 4 is 5.91 Å². The number of hydrogen-bond donors (Lipinski definition) is 1. The molecule has 106 valence electrons. The molecule has 1 aromatic carbocycles. The van der Waals surface area contributed by atoms with Gasteiger partial charge in [-0.2, -0.15) is 13.2 Å². The number of benzene rings is 1. The summed E-state index contributed by atoms with van der Waals surface area (Å²) in [6.45, 7) is 1.91. The number of nitrogens with two attached hydrogens (primary N) is 1. The van der Waals surface area contributed by atoms with Crippen LogP contribution < -0.4 is 5.73 Å². The summed E-state index contributed by atoms with van der Waals surface area (Å²) in [5, 5.41) is 0. The summed E-state index contributed by atoms with van der Waals surface area (Å²) in [6, 6.07) is 3.75. The standard InChI is InChI=1S/C13H17F3N2O/c1-8(18(2)3)6-9-4-5-10(12(17)19)11(7-9)13(14,15)16/h4-5,7-8H,6H2,1-3H3,(H2,17,19). The largest absolute Gasteiger partial charge is 0.417 e. The highest BCUT2D eigenvalue weighted by molar-refractivity contribution is 5.94. The zero-order valence-corrected chi connectivity index (χ0v) is 11.1. The van der Waals surface area contributed by atoms with Gasteiger partial charge in [0.1, 0.15) is 0 Å². The molecular formula is C13H17F3N2O. The van der Waals surface area contributed by atoms with E-state index in [0.717, 1.165) is 12.1 Å². The van der Waals surface area contributed by atoms with Crippen LogP contribution in [0.4, 0.5) is 13.2 Å². The molecule has 1 atom stereocenters. The Labute approximate surface area is 110 Å². The number of rotatable bonds is 4. The van der Waals surface area contributed by atoms with E-state index in [1.165, 1.54) is 6.07 Å². The van der Waals surface area contributed by atoms with Crippen LogP contribution in [-0.4, -0.2) is 30.9 Å². The lowest BCUT2D eigenvalue weighted by Crippen LogP contribution is -2.27. The zero-order chi connectivity index (χ0) is 14.8. The SMILES string of the molecule is CC(Cc1ccc(C(N)=O)c(C(F)(F)F)c1)N(C)C. The average Bonchev–Trinajstić information content (AvgIpc) is 2.27.